The minimum atomic E-state index is -0.244. The number of ether oxygens (including phenoxy) is 1. The number of benzene rings is 2. The van der Waals surface area contributed by atoms with Gasteiger partial charge < -0.3 is 15.0 Å². The summed E-state index contributed by atoms with van der Waals surface area (Å²) in [4.78, 5) is 2.37. The Balaban J connectivity index is 1.62. The first-order chi connectivity index (χ1) is 10.7. The third-order valence-corrected chi connectivity index (χ3v) is 4.03. The van der Waals surface area contributed by atoms with Crippen LogP contribution in [-0.2, 0) is 0 Å². The van der Waals surface area contributed by atoms with Gasteiger partial charge in [0.25, 0.3) is 0 Å². The van der Waals surface area contributed by atoms with Crippen molar-refractivity contribution < 1.29 is 9.13 Å². The molecule has 2 aromatic carbocycles. The zero-order valence-electron chi connectivity index (χ0n) is 12.7. The molecule has 0 spiro atoms. The second-order valence-electron chi connectivity index (χ2n) is 5.62. The highest BCUT2D eigenvalue weighted by Crippen LogP contribution is 2.19. The Morgan fingerprint density at radius 1 is 1.14 bits per heavy atom. The van der Waals surface area contributed by atoms with E-state index in [2.05, 4.69) is 41.4 Å². The quantitative estimate of drug-likeness (QED) is 0.939. The molecule has 1 N–H and O–H groups in total. The number of hydrogen-bond acceptors (Lipinski definition) is 3. The molecule has 1 aliphatic heterocycles. The normalized spacial score (nSPS) is 19.7. The molecular weight excluding hydrogens is 279 g/mol. The number of hydrogen-bond donors (Lipinski definition) is 1. The van der Waals surface area contributed by atoms with Gasteiger partial charge >= 0.3 is 0 Å². The summed E-state index contributed by atoms with van der Waals surface area (Å²) in [5.41, 5.74) is 1.24. The largest absolute Gasteiger partial charge is 0.489 e. The Morgan fingerprint density at radius 3 is 2.59 bits per heavy atom. The van der Waals surface area contributed by atoms with E-state index in [1.165, 1.54) is 17.8 Å². The molecule has 0 amide bonds. The molecule has 116 valence electrons. The van der Waals surface area contributed by atoms with E-state index in [9.17, 15) is 4.39 Å². The van der Waals surface area contributed by atoms with Gasteiger partial charge in [0.2, 0.25) is 0 Å². The van der Waals surface area contributed by atoms with Gasteiger partial charge in [0.1, 0.15) is 17.7 Å². The monoisotopic (exact) mass is 300 g/mol. The van der Waals surface area contributed by atoms with Crippen molar-refractivity contribution in [2.75, 3.05) is 24.5 Å². The second kappa shape index (κ2) is 6.79. The van der Waals surface area contributed by atoms with Gasteiger partial charge in [-0.3, -0.25) is 0 Å². The number of anilines is 1. The molecule has 1 fully saturated rings. The van der Waals surface area contributed by atoms with Crippen LogP contribution in [0, 0.1) is 5.82 Å². The maximum atomic E-state index is 12.9. The van der Waals surface area contributed by atoms with Gasteiger partial charge in [-0.15, -0.1) is 0 Å². The van der Waals surface area contributed by atoms with Crippen molar-refractivity contribution in [2.24, 2.45) is 0 Å². The first-order valence-corrected chi connectivity index (χ1v) is 7.68. The number of nitrogens with one attached hydrogen (secondary N) is 1. The van der Waals surface area contributed by atoms with Gasteiger partial charge in [0.05, 0.1) is 6.04 Å². The molecule has 3 nitrogen and oxygen atoms in total. The third kappa shape index (κ3) is 3.57. The van der Waals surface area contributed by atoms with E-state index in [1.54, 1.807) is 12.1 Å². The Labute approximate surface area is 130 Å². The van der Waals surface area contributed by atoms with Crippen molar-refractivity contribution in [3.63, 3.8) is 0 Å². The Morgan fingerprint density at radius 2 is 1.86 bits per heavy atom. The van der Waals surface area contributed by atoms with Crippen molar-refractivity contribution in [2.45, 2.75) is 19.1 Å². The van der Waals surface area contributed by atoms with Crippen LogP contribution in [-0.4, -0.2) is 31.8 Å². The van der Waals surface area contributed by atoms with Crippen molar-refractivity contribution >= 4 is 5.69 Å². The maximum Gasteiger partial charge on any atom is 0.123 e. The lowest BCUT2D eigenvalue weighted by Crippen LogP contribution is -2.56. The molecule has 3 rings (SSSR count). The van der Waals surface area contributed by atoms with Gasteiger partial charge in [-0.25, -0.2) is 4.39 Å². The lowest BCUT2D eigenvalue weighted by molar-refractivity contribution is 0.165. The van der Waals surface area contributed by atoms with Gasteiger partial charge in [-0.05, 0) is 43.3 Å². The summed E-state index contributed by atoms with van der Waals surface area (Å²) < 4.78 is 18.9. The number of rotatable bonds is 4. The average molecular weight is 300 g/mol. The number of nitrogens with zero attached hydrogens (tertiary/aromatic N) is 1. The molecule has 1 saturated heterocycles. The maximum absolute atomic E-state index is 12.9. The summed E-state index contributed by atoms with van der Waals surface area (Å²) in [6, 6.07) is 16.8. The van der Waals surface area contributed by atoms with Crippen LogP contribution in [0.4, 0.5) is 10.1 Å². The van der Waals surface area contributed by atoms with E-state index in [4.69, 9.17) is 4.74 Å². The van der Waals surface area contributed by atoms with Gasteiger partial charge in [0.15, 0.2) is 0 Å². The number of piperazine rings is 1. The lowest BCUT2D eigenvalue weighted by Gasteiger charge is -2.37. The SMILES string of the molecule is CC(Oc1ccc(F)cc1)C1CN(c2ccccc2)CCN1. The van der Waals surface area contributed by atoms with Crippen molar-refractivity contribution in [3.8, 4) is 5.75 Å². The van der Waals surface area contributed by atoms with Crippen LogP contribution in [0.5, 0.6) is 5.75 Å². The molecular formula is C18H21FN2O. The molecule has 2 unspecified atom stereocenters. The summed E-state index contributed by atoms with van der Waals surface area (Å²) >= 11 is 0. The van der Waals surface area contributed by atoms with E-state index in [1.807, 2.05) is 6.07 Å². The molecule has 2 atom stereocenters. The second-order valence-corrected chi connectivity index (χ2v) is 5.62. The molecule has 0 radical (unpaired) electrons. The van der Waals surface area contributed by atoms with Crippen LogP contribution in [0.15, 0.2) is 54.6 Å². The molecule has 0 saturated carbocycles. The smallest absolute Gasteiger partial charge is 0.123 e. The zero-order valence-corrected chi connectivity index (χ0v) is 12.7. The fourth-order valence-electron chi connectivity index (χ4n) is 2.78. The summed E-state index contributed by atoms with van der Waals surface area (Å²) in [6.07, 6.45) is 0.0111. The van der Waals surface area contributed by atoms with Crippen molar-refractivity contribution in [1.29, 1.82) is 0 Å². The topological polar surface area (TPSA) is 24.5 Å². The van der Waals surface area contributed by atoms with E-state index in [-0.39, 0.29) is 18.0 Å². The predicted octanol–water partition coefficient (Wildman–Crippen LogP) is 3.07. The molecule has 1 heterocycles. The highest BCUT2D eigenvalue weighted by molar-refractivity contribution is 5.46. The van der Waals surface area contributed by atoms with Crippen LogP contribution >= 0.6 is 0 Å². The fraction of sp³-hybridized carbons (Fsp3) is 0.333. The Hall–Kier alpha value is -2.07. The molecule has 1 aliphatic rings. The summed E-state index contributed by atoms with van der Waals surface area (Å²) in [5, 5.41) is 3.51. The van der Waals surface area contributed by atoms with E-state index >= 15 is 0 Å². The molecule has 22 heavy (non-hydrogen) atoms. The number of halogens is 1. The Kier molecular flexibility index (Phi) is 4.59. The lowest BCUT2D eigenvalue weighted by atomic mass is 10.1. The Bertz CT molecular complexity index is 588. The summed E-state index contributed by atoms with van der Waals surface area (Å²) in [5.74, 6) is 0.457. The van der Waals surface area contributed by atoms with Crippen LogP contribution < -0.4 is 15.0 Å². The molecule has 0 aliphatic carbocycles. The highest BCUT2D eigenvalue weighted by atomic mass is 19.1. The fourth-order valence-corrected chi connectivity index (χ4v) is 2.78. The molecule has 0 bridgehead atoms. The summed E-state index contributed by atoms with van der Waals surface area (Å²) in [6.45, 7) is 4.86. The summed E-state index contributed by atoms with van der Waals surface area (Å²) in [7, 11) is 0. The van der Waals surface area contributed by atoms with Crippen molar-refractivity contribution in [1.82, 2.24) is 5.32 Å². The minimum absolute atomic E-state index is 0.0111. The van der Waals surface area contributed by atoms with E-state index in [0.29, 0.717) is 5.75 Å². The molecule has 0 aromatic heterocycles. The molecule has 4 heteroatoms. The van der Waals surface area contributed by atoms with Gasteiger partial charge in [-0.1, -0.05) is 18.2 Å². The third-order valence-electron chi connectivity index (χ3n) is 4.03. The van der Waals surface area contributed by atoms with Gasteiger partial charge in [0, 0.05) is 25.3 Å². The van der Waals surface area contributed by atoms with Crippen LogP contribution in [0.1, 0.15) is 6.92 Å². The molecule has 2 aromatic rings. The van der Waals surface area contributed by atoms with Crippen LogP contribution in [0.2, 0.25) is 0 Å². The minimum Gasteiger partial charge on any atom is -0.489 e. The standard InChI is InChI=1S/C18H21FN2O/c1-14(22-17-9-7-15(19)8-10-17)18-13-21(12-11-20-18)16-5-3-2-4-6-16/h2-10,14,18,20H,11-13H2,1H3. The average Bonchev–Trinajstić information content (AvgIpc) is 2.58. The highest BCUT2D eigenvalue weighted by Gasteiger charge is 2.25. The predicted molar refractivity (Wildman–Crippen MR) is 86.9 cm³/mol. The zero-order chi connectivity index (χ0) is 15.4. The van der Waals surface area contributed by atoms with Crippen molar-refractivity contribution in [3.05, 3.63) is 60.4 Å². The van der Waals surface area contributed by atoms with Gasteiger partial charge in [-0.2, -0.15) is 0 Å². The first kappa shape index (κ1) is 14.9. The van der Waals surface area contributed by atoms with Crippen LogP contribution in [0.3, 0.4) is 0 Å². The van der Waals surface area contributed by atoms with E-state index in [0.717, 1.165) is 19.6 Å². The van der Waals surface area contributed by atoms with Crippen LogP contribution in [0.25, 0.3) is 0 Å². The van der Waals surface area contributed by atoms with E-state index < -0.39 is 0 Å². The first-order valence-electron chi connectivity index (χ1n) is 7.68. The number of para-hydroxylation sites is 1.